The molecule has 1 aromatic carbocycles. The number of carbonyl (C=O) groups is 2. The van der Waals surface area contributed by atoms with Gasteiger partial charge in [0.15, 0.2) is 0 Å². The van der Waals surface area contributed by atoms with E-state index in [1.807, 2.05) is 0 Å². The summed E-state index contributed by atoms with van der Waals surface area (Å²) in [6.45, 7) is 1.77. The maximum atomic E-state index is 12.6. The Morgan fingerprint density at radius 2 is 2.00 bits per heavy atom. The van der Waals surface area contributed by atoms with E-state index in [0.29, 0.717) is 39.1 Å². The van der Waals surface area contributed by atoms with E-state index in [1.54, 1.807) is 4.90 Å². The number of benzene rings is 1. The molecular formula is C16H19N3O6. The smallest absolute Gasteiger partial charge is 0.311 e. The molecule has 1 saturated heterocycles. The van der Waals surface area contributed by atoms with Gasteiger partial charge >= 0.3 is 5.97 Å². The van der Waals surface area contributed by atoms with Crippen LogP contribution >= 0.6 is 0 Å². The number of carbonyl (C=O) groups excluding carboxylic acids is 1. The van der Waals surface area contributed by atoms with Crippen LogP contribution in [0.15, 0.2) is 18.2 Å². The minimum absolute atomic E-state index is 0.0202. The van der Waals surface area contributed by atoms with Crippen LogP contribution in [0.4, 0.5) is 11.4 Å². The summed E-state index contributed by atoms with van der Waals surface area (Å²) in [4.78, 5) is 36.5. The number of carboxylic acid groups (broad SMARTS) is 1. The van der Waals surface area contributed by atoms with Crippen molar-refractivity contribution in [3.63, 3.8) is 0 Å². The van der Waals surface area contributed by atoms with Gasteiger partial charge in [-0.1, -0.05) is 6.07 Å². The van der Waals surface area contributed by atoms with E-state index in [9.17, 15) is 24.8 Å². The molecule has 1 aromatic rings. The third kappa shape index (κ3) is 3.41. The highest BCUT2D eigenvalue weighted by molar-refractivity contribution is 6.02. The molecular weight excluding hydrogens is 330 g/mol. The molecule has 1 amide bonds. The van der Waals surface area contributed by atoms with Crippen LogP contribution in [0.1, 0.15) is 23.2 Å². The number of nitrogens with one attached hydrogen (secondary N) is 1. The lowest BCUT2D eigenvalue weighted by Crippen LogP contribution is -2.39. The summed E-state index contributed by atoms with van der Waals surface area (Å²) in [6.07, 6.45) is 1.04. The lowest BCUT2D eigenvalue weighted by Gasteiger charge is -2.29. The highest BCUT2D eigenvalue weighted by atomic mass is 16.6. The lowest BCUT2D eigenvalue weighted by molar-refractivity contribution is -0.384. The first-order valence-corrected chi connectivity index (χ1v) is 8.06. The van der Waals surface area contributed by atoms with Gasteiger partial charge in [0.2, 0.25) is 0 Å². The highest BCUT2D eigenvalue weighted by Gasteiger charge is 2.50. The molecule has 3 rings (SSSR count). The summed E-state index contributed by atoms with van der Waals surface area (Å²) in [5.74, 6) is -1.43. The average molecular weight is 349 g/mol. The first-order valence-electron chi connectivity index (χ1n) is 8.06. The molecule has 2 fully saturated rings. The number of ether oxygens (including phenoxy) is 1. The molecule has 0 aromatic heterocycles. The number of nitro groups is 1. The zero-order valence-electron chi connectivity index (χ0n) is 13.6. The van der Waals surface area contributed by atoms with Crippen molar-refractivity contribution in [2.75, 3.05) is 37.7 Å². The fourth-order valence-electron chi connectivity index (χ4n) is 2.94. The highest BCUT2D eigenvalue weighted by Crippen LogP contribution is 2.45. The maximum absolute atomic E-state index is 12.6. The Hall–Kier alpha value is -2.68. The van der Waals surface area contributed by atoms with E-state index in [4.69, 9.17) is 4.74 Å². The maximum Gasteiger partial charge on any atom is 0.311 e. The van der Waals surface area contributed by atoms with Gasteiger partial charge in [-0.3, -0.25) is 19.7 Å². The molecule has 25 heavy (non-hydrogen) atoms. The van der Waals surface area contributed by atoms with Crippen LogP contribution in [0.2, 0.25) is 0 Å². The summed E-state index contributed by atoms with van der Waals surface area (Å²) in [7, 11) is 0. The summed E-state index contributed by atoms with van der Waals surface area (Å²) in [5.41, 5.74) is -0.602. The molecule has 2 N–H and O–H groups in total. The number of morpholine rings is 1. The second-order valence-corrected chi connectivity index (χ2v) is 6.30. The Labute approximate surface area is 143 Å². The number of rotatable bonds is 6. The van der Waals surface area contributed by atoms with Crippen LogP contribution in [0.5, 0.6) is 0 Å². The number of hydrogen-bond acceptors (Lipinski definition) is 6. The molecule has 134 valence electrons. The number of nitro benzene ring substituents is 1. The van der Waals surface area contributed by atoms with Crippen LogP contribution < -0.4 is 10.2 Å². The van der Waals surface area contributed by atoms with Gasteiger partial charge in [0.1, 0.15) is 5.69 Å². The molecule has 1 heterocycles. The van der Waals surface area contributed by atoms with Gasteiger partial charge in [0, 0.05) is 25.7 Å². The SMILES string of the molecule is O=C(NCC1(C(=O)O)CC1)c1cccc([N+](=O)[O-])c1N1CCOCC1. The summed E-state index contributed by atoms with van der Waals surface area (Å²) >= 11 is 0. The quantitative estimate of drug-likeness (QED) is 0.581. The number of hydrogen-bond donors (Lipinski definition) is 2. The van der Waals surface area contributed by atoms with E-state index in [-0.39, 0.29) is 23.5 Å². The number of amides is 1. The van der Waals surface area contributed by atoms with E-state index in [0.717, 1.165) is 0 Å². The summed E-state index contributed by atoms with van der Waals surface area (Å²) in [6, 6.07) is 4.34. The van der Waals surface area contributed by atoms with Crippen LogP contribution in [0.25, 0.3) is 0 Å². The molecule has 2 aliphatic rings. The number of para-hydroxylation sites is 1. The molecule has 1 aliphatic heterocycles. The van der Waals surface area contributed by atoms with Gasteiger partial charge in [-0.15, -0.1) is 0 Å². The Balaban J connectivity index is 1.86. The topological polar surface area (TPSA) is 122 Å². The fourth-order valence-corrected chi connectivity index (χ4v) is 2.94. The first-order chi connectivity index (χ1) is 11.9. The predicted octanol–water partition coefficient (Wildman–Crippen LogP) is 1.03. The lowest BCUT2D eigenvalue weighted by atomic mass is 10.1. The number of anilines is 1. The van der Waals surface area contributed by atoms with E-state index in [2.05, 4.69) is 5.32 Å². The van der Waals surface area contributed by atoms with Crippen LogP contribution in [0, 0.1) is 15.5 Å². The standard InChI is InChI=1S/C16H19N3O6/c20-14(17-10-16(4-5-16)15(21)22)11-2-1-3-12(19(23)24)13(11)18-6-8-25-9-7-18/h1-3H,4-10H2,(H,17,20)(H,21,22). The van der Waals surface area contributed by atoms with Crippen LogP contribution in [-0.2, 0) is 9.53 Å². The summed E-state index contributed by atoms with van der Waals surface area (Å²) in [5, 5.41) is 23.2. The first kappa shape index (κ1) is 17.2. The van der Waals surface area contributed by atoms with Gasteiger partial charge in [0.25, 0.3) is 11.6 Å². The molecule has 9 nitrogen and oxygen atoms in total. The Kier molecular flexibility index (Phi) is 4.58. The van der Waals surface area contributed by atoms with Crippen molar-refractivity contribution in [1.29, 1.82) is 0 Å². The van der Waals surface area contributed by atoms with Crippen molar-refractivity contribution in [3.05, 3.63) is 33.9 Å². The molecule has 1 aliphatic carbocycles. The Morgan fingerprint density at radius 3 is 2.56 bits per heavy atom. The van der Waals surface area contributed by atoms with Crippen molar-refractivity contribution in [3.8, 4) is 0 Å². The normalized spacial score (nSPS) is 18.5. The molecule has 1 saturated carbocycles. The third-order valence-corrected chi connectivity index (χ3v) is 4.68. The monoisotopic (exact) mass is 349 g/mol. The fraction of sp³-hybridized carbons (Fsp3) is 0.500. The van der Waals surface area contributed by atoms with Crippen molar-refractivity contribution < 1.29 is 24.4 Å². The van der Waals surface area contributed by atoms with Crippen molar-refractivity contribution in [2.45, 2.75) is 12.8 Å². The van der Waals surface area contributed by atoms with Gasteiger partial charge in [-0.25, -0.2) is 0 Å². The molecule has 0 bridgehead atoms. The van der Waals surface area contributed by atoms with Crippen molar-refractivity contribution in [2.24, 2.45) is 5.41 Å². The van der Waals surface area contributed by atoms with Gasteiger partial charge in [-0.2, -0.15) is 0 Å². The minimum Gasteiger partial charge on any atom is -0.481 e. The van der Waals surface area contributed by atoms with Crippen molar-refractivity contribution >= 4 is 23.3 Å². The molecule has 9 heteroatoms. The minimum atomic E-state index is -0.930. The number of aliphatic carboxylic acids is 1. The van der Waals surface area contributed by atoms with E-state index in [1.165, 1.54) is 18.2 Å². The van der Waals surface area contributed by atoms with Crippen LogP contribution in [-0.4, -0.2) is 54.8 Å². The zero-order chi connectivity index (χ0) is 18.0. The van der Waals surface area contributed by atoms with Crippen LogP contribution in [0.3, 0.4) is 0 Å². The third-order valence-electron chi connectivity index (χ3n) is 4.68. The second-order valence-electron chi connectivity index (χ2n) is 6.30. The molecule has 0 unspecified atom stereocenters. The average Bonchev–Trinajstić information content (AvgIpc) is 3.41. The summed E-state index contributed by atoms with van der Waals surface area (Å²) < 4.78 is 5.27. The zero-order valence-corrected chi connectivity index (χ0v) is 13.6. The van der Waals surface area contributed by atoms with E-state index >= 15 is 0 Å². The predicted molar refractivity (Wildman–Crippen MR) is 87.8 cm³/mol. The largest absolute Gasteiger partial charge is 0.481 e. The Morgan fingerprint density at radius 1 is 1.32 bits per heavy atom. The van der Waals surface area contributed by atoms with Gasteiger partial charge in [0.05, 0.1) is 29.1 Å². The van der Waals surface area contributed by atoms with Gasteiger partial charge < -0.3 is 20.1 Å². The second kappa shape index (κ2) is 6.67. The van der Waals surface area contributed by atoms with Crippen molar-refractivity contribution in [1.82, 2.24) is 5.32 Å². The number of nitrogens with zero attached hydrogens (tertiary/aromatic N) is 2. The number of carboxylic acids is 1. The van der Waals surface area contributed by atoms with Gasteiger partial charge in [-0.05, 0) is 18.9 Å². The Bertz CT molecular complexity index is 710. The van der Waals surface area contributed by atoms with E-state index < -0.39 is 22.2 Å². The molecule has 0 atom stereocenters. The molecule has 0 radical (unpaired) electrons. The molecule has 0 spiro atoms.